The maximum absolute atomic E-state index is 5.64. The molecule has 27 heavy (non-hydrogen) atoms. The molecule has 0 radical (unpaired) electrons. The molecule has 7 heteroatoms. The van der Waals surface area contributed by atoms with Crippen molar-refractivity contribution in [2.45, 2.75) is 33.9 Å². The minimum atomic E-state index is 0. The van der Waals surface area contributed by atoms with E-state index in [0.717, 1.165) is 56.7 Å². The van der Waals surface area contributed by atoms with Crippen LogP contribution in [0.3, 0.4) is 0 Å². The second kappa shape index (κ2) is 10.7. The van der Waals surface area contributed by atoms with E-state index in [9.17, 15) is 0 Å². The Morgan fingerprint density at radius 2 is 1.85 bits per heavy atom. The number of guanidine groups is 1. The minimum Gasteiger partial charge on any atom is -0.444 e. The zero-order valence-electron chi connectivity index (χ0n) is 16.4. The Morgan fingerprint density at radius 1 is 1.15 bits per heavy atom. The maximum Gasteiger partial charge on any atom is 0.216 e. The van der Waals surface area contributed by atoms with Crippen LogP contribution in [-0.2, 0) is 13.1 Å². The predicted molar refractivity (Wildman–Crippen MR) is 119 cm³/mol. The molecule has 6 nitrogen and oxygen atoms in total. The highest BCUT2D eigenvalue weighted by molar-refractivity contribution is 14.0. The number of oxazole rings is 1. The van der Waals surface area contributed by atoms with Crippen LogP contribution in [0.15, 0.2) is 39.7 Å². The van der Waals surface area contributed by atoms with Crippen molar-refractivity contribution in [3.05, 3.63) is 53.2 Å². The van der Waals surface area contributed by atoms with Gasteiger partial charge in [0, 0.05) is 39.3 Å². The van der Waals surface area contributed by atoms with Crippen molar-refractivity contribution in [1.29, 1.82) is 0 Å². The van der Waals surface area contributed by atoms with Crippen LogP contribution in [-0.4, -0.2) is 53.5 Å². The number of hydrogen-bond acceptors (Lipinski definition) is 4. The van der Waals surface area contributed by atoms with Crippen molar-refractivity contribution in [3.8, 4) is 0 Å². The van der Waals surface area contributed by atoms with Crippen molar-refractivity contribution < 1.29 is 4.42 Å². The molecule has 1 aliphatic heterocycles. The van der Waals surface area contributed by atoms with Crippen LogP contribution in [0.25, 0.3) is 0 Å². The molecule has 0 amide bonds. The van der Waals surface area contributed by atoms with Crippen molar-refractivity contribution in [3.63, 3.8) is 0 Å². The third-order valence-corrected chi connectivity index (χ3v) is 4.69. The zero-order valence-corrected chi connectivity index (χ0v) is 18.8. The molecule has 1 fully saturated rings. The van der Waals surface area contributed by atoms with E-state index in [2.05, 4.69) is 57.4 Å². The fourth-order valence-electron chi connectivity index (χ4n) is 3.13. The van der Waals surface area contributed by atoms with Crippen LogP contribution >= 0.6 is 24.0 Å². The number of aromatic nitrogens is 1. The number of nitrogens with zero attached hydrogens (tertiary/aromatic N) is 4. The molecule has 148 valence electrons. The second-order valence-corrected chi connectivity index (χ2v) is 6.67. The van der Waals surface area contributed by atoms with Gasteiger partial charge < -0.3 is 14.6 Å². The van der Waals surface area contributed by atoms with E-state index in [4.69, 9.17) is 9.41 Å². The molecule has 0 bridgehead atoms. The summed E-state index contributed by atoms with van der Waals surface area (Å²) in [5, 5.41) is 3.40. The van der Waals surface area contributed by atoms with E-state index in [0.29, 0.717) is 12.4 Å². The van der Waals surface area contributed by atoms with Crippen LogP contribution in [0.1, 0.15) is 29.8 Å². The third kappa shape index (κ3) is 6.21. The smallest absolute Gasteiger partial charge is 0.216 e. The van der Waals surface area contributed by atoms with Crippen LogP contribution < -0.4 is 5.32 Å². The fourth-order valence-corrected chi connectivity index (χ4v) is 3.13. The predicted octanol–water partition coefficient (Wildman–Crippen LogP) is 3.19. The van der Waals surface area contributed by atoms with E-state index in [1.807, 2.05) is 13.8 Å². The lowest BCUT2D eigenvalue weighted by Gasteiger charge is -2.36. The summed E-state index contributed by atoms with van der Waals surface area (Å²) in [6.45, 7) is 12.4. The summed E-state index contributed by atoms with van der Waals surface area (Å²) in [5.41, 5.74) is 2.31. The minimum absolute atomic E-state index is 0. The molecule has 2 heterocycles. The van der Waals surface area contributed by atoms with Gasteiger partial charge in [-0.05, 0) is 26.3 Å². The Balaban J connectivity index is 0.00000261. The van der Waals surface area contributed by atoms with Crippen molar-refractivity contribution >= 4 is 29.9 Å². The monoisotopic (exact) mass is 483 g/mol. The number of nitrogens with one attached hydrogen (secondary N) is 1. The van der Waals surface area contributed by atoms with Crippen LogP contribution in [0.2, 0.25) is 0 Å². The molecule has 1 aromatic heterocycles. The molecule has 2 aromatic rings. The molecular formula is C20H30IN5O. The molecule has 0 spiro atoms. The number of halogens is 1. The number of hydrogen-bond donors (Lipinski definition) is 1. The van der Waals surface area contributed by atoms with Gasteiger partial charge in [-0.15, -0.1) is 24.0 Å². The Hall–Kier alpha value is -1.61. The van der Waals surface area contributed by atoms with E-state index >= 15 is 0 Å². The summed E-state index contributed by atoms with van der Waals surface area (Å²) in [4.78, 5) is 14.0. The molecule has 0 atom stereocenters. The normalized spacial score (nSPS) is 15.5. The first-order chi connectivity index (χ1) is 12.7. The summed E-state index contributed by atoms with van der Waals surface area (Å²) in [6, 6.07) is 10.7. The van der Waals surface area contributed by atoms with Gasteiger partial charge in [-0.2, -0.15) is 0 Å². The average Bonchev–Trinajstić information content (AvgIpc) is 2.98. The first kappa shape index (κ1) is 21.7. The summed E-state index contributed by atoms with van der Waals surface area (Å²) >= 11 is 0. The van der Waals surface area contributed by atoms with Gasteiger partial charge in [-0.3, -0.25) is 4.90 Å². The summed E-state index contributed by atoms with van der Waals surface area (Å²) in [7, 11) is 0. The van der Waals surface area contributed by atoms with Crippen LogP contribution in [0.4, 0.5) is 0 Å². The Morgan fingerprint density at radius 3 is 2.44 bits per heavy atom. The molecule has 0 saturated carbocycles. The first-order valence-corrected chi connectivity index (χ1v) is 9.38. The van der Waals surface area contributed by atoms with Crippen molar-refractivity contribution in [2.24, 2.45) is 4.99 Å². The SMILES string of the molecule is CCNC(=NCc1nc(C)c(C)o1)N1CCN(Cc2ccccc2)CC1.I. The van der Waals surface area contributed by atoms with Gasteiger partial charge in [0.05, 0.1) is 5.69 Å². The number of rotatable bonds is 5. The maximum atomic E-state index is 5.64. The van der Waals surface area contributed by atoms with Gasteiger partial charge in [0.2, 0.25) is 5.89 Å². The van der Waals surface area contributed by atoms with E-state index in [-0.39, 0.29) is 24.0 Å². The molecule has 0 aliphatic carbocycles. The quantitative estimate of drug-likeness (QED) is 0.402. The van der Waals surface area contributed by atoms with Gasteiger partial charge in [0.25, 0.3) is 0 Å². The Bertz CT molecular complexity index is 704. The molecule has 1 aliphatic rings. The second-order valence-electron chi connectivity index (χ2n) is 6.67. The lowest BCUT2D eigenvalue weighted by molar-refractivity contribution is 0.172. The molecule has 3 rings (SSSR count). The average molecular weight is 483 g/mol. The number of benzene rings is 1. The highest BCUT2D eigenvalue weighted by atomic mass is 127. The largest absolute Gasteiger partial charge is 0.444 e. The lowest BCUT2D eigenvalue weighted by Crippen LogP contribution is -2.52. The Kier molecular flexibility index (Phi) is 8.56. The summed E-state index contributed by atoms with van der Waals surface area (Å²) in [5.74, 6) is 2.49. The highest BCUT2D eigenvalue weighted by Crippen LogP contribution is 2.11. The fraction of sp³-hybridized carbons (Fsp3) is 0.500. The highest BCUT2D eigenvalue weighted by Gasteiger charge is 2.19. The van der Waals surface area contributed by atoms with E-state index < -0.39 is 0 Å². The molecule has 1 aromatic carbocycles. The molecular weight excluding hydrogens is 453 g/mol. The van der Waals surface area contributed by atoms with Crippen molar-refractivity contribution in [1.82, 2.24) is 20.1 Å². The van der Waals surface area contributed by atoms with Crippen LogP contribution in [0, 0.1) is 13.8 Å². The molecule has 1 N–H and O–H groups in total. The standard InChI is InChI=1S/C20H29N5O.HI/c1-4-21-20(22-14-19-23-16(2)17(3)26-19)25-12-10-24(11-13-25)15-18-8-6-5-7-9-18;/h5-9H,4,10-15H2,1-3H3,(H,21,22);1H. The van der Waals surface area contributed by atoms with Gasteiger partial charge in [0.1, 0.15) is 12.3 Å². The third-order valence-electron chi connectivity index (χ3n) is 4.69. The first-order valence-electron chi connectivity index (χ1n) is 9.38. The van der Waals surface area contributed by atoms with Gasteiger partial charge in [-0.25, -0.2) is 9.98 Å². The lowest BCUT2D eigenvalue weighted by atomic mass is 10.2. The topological polar surface area (TPSA) is 56.9 Å². The number of piperazine rings is 1. The van der Waals surface area contributed by atoms with Crippen molar-refractivity contribution in [2.75, 3.05) is 32.7 Å². The van der Waals surface area contributed by atoms with E-state index in [1.54, 1.807) is 0 Å². The van der Waals surface area contributed by atoms with Gasteiger partial charge >= 0.3 is 0 Å². The Labute approximate surface area is 179 Å². The molecule has 0 unspecified atom stereocenters. The van der Waals surface area contributed by atoms with Crippen LogP contribution in [0.5, 0.6) is 0 Å². The summed E-state index contributed by atoms with van der Waals surface area (Å²) < 4.78 is 5.64. The number of aryl methyl sites for hydroxylation is 2. The molecule has 1 saturated heterocycles. The summed E-state index contributed by atoms with van der Waals surface area (Å²) in [6.07, 6.45) is 0. The zero-order chi connectivity index (χ0) is 18.4. The van der Waals surface area contributed by atoms with Gasteiger partial charge in [0.15, 0.2) is 5.96 Å². The van der Waals surface area contributed by atoms with E-state index in [1.165, 1.54) is 5.56 Å². The van der Waals surface area contributed by atoms with Gasteiger partial charge in [-0.1, -0.05) is 30.3 Å². The number of aliphatic imine (C=N–C) groups is 1.